The molecule has 0 bridgehead atoms. The Bertz CT molecular complexity index is 515. The Kier molecular flexibility index (Phi) is 4.00. The normalized spacial score (nSPS) is 25.6. The summed E-state index contributed by atoms with van der Waals surface area (Å²) in [5.41, 5.74) is 3.51. The summed E-state index contributed by atoms with van der Waals surface area (Å²) in [5.74, 6) is 0.0864. The summed E-state index contributed by atoms with van der Waals surface area (Å²) in [5, 5.41) is 3.07. The van der Waals surface area contributed by atoms with Crippen LogP contribution in [0.4, 0.5) is 5.69 Å². The fraction of sp³-hybridized carbons (Fsp3) is 0.588. The summed E-state index contributed by atoms with van der Waals surface area (Å²) in [7, 11) is 0. The van der Waals surface area contributed by atoms with Gasteiger partial charge in [0.05, 0.1) is 13.2 Å². The van der Waals surface area contributed by atoms with E-state index in [1.807, 2.05) is 32.0 Å². The van der Waals surface area contributed by atoms with E-state index in [4.69, 9.17) is 4.74 Å². The molecule has 3 rings (SSSR count). The van der Waals surface area contributed by atoms with Crippen LogP contribution in [-0.2, 0) is 9.53 Å². The van der Waals surface area contributed by atoms with Crippen LogP contribution >= 0.6 is 0 Å². The summed E-state index contributed by atoms with van der Waals surface area (Å²) in [4.78, 5) is 14.6. The molecule has 1 N–H and O–H groups in total. The largest absolute Gasteiger partial charge is 0.381 e. The van der Waals surface area contributed by atoms with Crippen LogP contribution in [0.1, 0.15) is 24.0 Å². The Balaban J connectivity index is 1.58. The van der Waals surface area contributed by atoms with Gasteiger partial charge in [0.15, 0.2) is 0 Å². The molecule has 2 saturated heterocycles. The second kappa shape index (κ2) is 5.78. The van der Waals surface area contributed by atoms with Gasteiger partial charge in [0, 0.05) is 24.3 Å². The van der Waals surface area contributed by atoms with E-state index < -0.39 is 0 Å². The van der Waals surface area contributed by atoms with Crippen LogP contribution in [0, 0.1) is 19.3 Å². The van der Waals surface area contributed by atoms with Gasteiger partial charge in [-0.15, -0.1) is 0 Å². The molecule has 2 aliphatic heterocycles. The number of nitrogens with one attached hydrogen (secondary N) is 1. The SMILES string of the molecule is Cc1cccc(C)c1NC(=O)CN1CCC2(CCOC2)C1. The number of rotatable bonds is 3. The van der Waals surface area contributed by atoms with Gasteiger partial charge in [-0.2, -0.15) is 0 Å². The smallest absolute Gasteiger partial charge is 0.238 e. The quantitative estimate of drug-likeness (QED) is 0.928. The number of nitrogens with zero attached hydrogens (tertiary/aromatic N) is 1. The first kappa shape index (κ1) is 14.5. The molecular formula is C17H24N2O2. The van der Waals surface area contributed by atoms with Crippen molar-refractivity contribution in [2.24, 2.45) is 5.41 Å². The average molecular weight is 288 g/mol. The number of likely N-dealkylation sites (tertiary alicyclic amines) is 1. The Morgan fingerprint density at radius 2 is 2.10 bits per heavy atom. The Labute approximate surface area is 126 Å². The average Bonchev–Trinajstić information content (AvgIpc) is 3.05. The summed E-state index contributed by atoms with van der Waals surface area (Å²) in [6.45, 7) is 8.28. The molecule has 2 fully saturated rings. The number of benzene rings is 1. The zero-order chi connectivity index (χ0) is 14.9. The molecule has 1 atom stereocenters. The number of ether oxygens (including phenoxy) is 1. The Morgan fingerprint density at radius 3 is 2.76 bits per heavy atom. The summed E-state index contributed by atoms with van der Waals surface area (Å²) in [6.07, 6.45) is 2.30. The van der Waals surface area contributed by atoms with Gasteiger partial charge in [0.25, 0.3) is 0 Å². The van der Waals surface area contributed by atoms with Crippen molar-refractivity contribution in [3.63, 3.8) is 0 Å². The zero-order valence-electron chi connectivity index (χ0n) is 12.9. The van der Waals surface area contributed by atoms with Crippen LogP contribution in [0.15, 0.2) is 18.2 Å². The van der Waals surface area contributed by atoms with Gasteiger partial charge >= 0.3 is 0 Å². The Hall–Kier alpha value is -1.39. The number of hydrogen-bond acceptors (Lipinski definition) is 3. The van der Waals surface area contributed by atoms with Crippen molar-refractivity contribution in [2.75, 3.05) is 38.2 Å². The molecular weight excluding hydrogens is 264 g/mol. The third-order valence-corrected chi connectivity index (χ3v) is 4.82. The summed E-state index contributed by atoms with van der Waals surface area (Å²) in [6, 6.07) is 6.08. The van der Waals surface area contributed by atoms with Crippen LogP contribution in [-0.4, -0.2) is 43.7 Å². The predicted molar refractivity (Wildman–Crippen MR) is 83.5 cm³/mol. The van der Waals surface area contributed by atoms with Crippen LogP contribution in [0.5, 0.6) is 0 Å². The molecule has 2 aliphatic rings. The molecule has 0 aromatic heterocycles. The third-order valence-electron chi connectivity index (χ3n) is 4.82. The highest BCUT2D eigenvalue weighted by atomic mass is 16.5. The second-order valence-electron chi connectivity index (χ2n) is 6.58. The van der Waals surface area contributed by atoms with E-state index in [0.29, 0.717) is 12.0 Å². The topological polar surface area (TPSA) is 41.6 Å². The second-order valence-corrected chi connectivity index (χ2v) is 6.58. The lowest BCUT2D eigenvalue weighted by molar-refractivity contribution is -0.117. The highest BCUT2D eigenvalue weighted by Gasteiger charge is 2.41. The minimum atomic E-state index is 0.0864. The first-order valence-electron chi connectivity index (χ1n) is 7.74. The number of carbonyl (C=O) groups is 1. The van der Waals surface area contributed by atoms with Gasteiger partial charge in [-0.05, 0) is 44.4 Å². The van der Waals surface area contributed by atoms with Gasteiger partial charge in [-0.3, -0.25) is 9.69 Å². The molecule has 1 amide bonds. The molecule has 21 heavy (non-hydrogen) atoms. The van der Waals surface area contributed by atoms with Crippen molar-refractivity contribution in [1.29, 1.82) is 0 Å². The van der Waals surface area contributed by atoms with Gasteiger partial charge in [0.1, 0.15) is 0 Å². The van der Waals surface area contributed by atoms with Gasteiger partial charge in [-0.25, -0.2) is 0 Å². The van der Waals surface area contributed by atoms with E-state index in [1.54, 1.807) is 0 Å². The van der Waals surface area contributed by atoms with Crippen LogP contribution < -0.4 is 5.32 Å². The first-order valence-corrected chi connectivity index (χ1v) is 7.74. The lowest BCUT2D eigenvalue weighted by Crippen LogP contribution is -2.34. The molecule has 4 nitrogen and oxygen atoms in total. The van der Waals surface area contributed by atoms with E-state index >= 15 is 0 Å². The maximum atomic E-state index is 12.3. The fourth-order valence-electron chi connectivity index (χ4n) is 3.53. The highest BCUT2D eigenvalue weighted by molar-refractivity contribution is 5.93. The number of carbonyl (C=O) groups excluding carboxylic acids is 1. The minimum Gasteiger partial charge on any atom is -0.381 e. The molecule has 1 spiro atoms. The maximum Gasteiger partial charge on any atom is 0.238 e. The van der Waals surface area contributed by atoms with Gasteiger partial charge in [0.2, 0.25) is 5.91 Å². The van der Waals surface area contributed by atoms with E-state index in [1.165, 1.54) is 0 Å². The van der Waals surface area contributed by atoms with E-state index in [-0.39, 0.29) is 5.91 Å². The van der Waals surface area contributed by atoms with Crippen molar-refractivity contribution in [3.05, 3.63) is 29.3 Å². The number of hydrogen-bond donors (Lipinski definition) is 1. The van der Waals surface area contributed by atoms with E-state index in [9.17, 15) is 4.79 Å². The third kappa shape index (κ3) is 3.11. The summed E-state index contributed by atoms with van der Waals surface area (Å²) >= 11 is 0. The number of para-hydroxylation sites is 1. The fourth-order valence-corrected chi connectivity index (χ4v) is 3.53. The highest BCUT2D eigenvalue weighted by Crippen LogP contribution is 2.37. The van der Waals surface area contributed by atoms with Crippen molar-refractivity contribution < 1.29 is 9.53 Å². The van der Waals surface area contributed by atoms with Crippen LogP contribution in [0.3, 0.4) is 0 Å². The van der Waals surface area contributed by atoms with Crippen molar-refractivity contribution in [2.45, 2.75) is 26.7 Å². The minimum absolute atomic E-state index is 0.0864. The molecule has 0 aliphatic carbocycles. The molecule has 1 aromatic rings. The number of aryl methyl sites for hydroxylation is 2. The lowest BCUT2D eigenvalue weighted by Gasteiger charge is -2.22. The van der Waals surface area contributed by atoms with E-state index in [0.717, 1.165) is 56.0 Å². The molecule has 114 valence electrons. The maximum absolute atomic E-state index is 12.3. The molecule has 1 aromatic carbocycles. The predicted octanol–water partition coefficient (Wildman–Crippen LogP) is 2.35. The molecule has 0 saturated carbocycles. The van der Waals surface area contributed by atoms with Crippen LogP contribution in [0.2, 0.25) is 0 Å². The van der Waals surface area contributed by atoms with Crippen molar-refractivity contribution >= 4 is 11.6 Å². The van der Waals surface area contributed by atoms with Crippen LogP contribution in [0.25, 0.3) is 0 Å². The number of amides is 1. The Morgan fingerprint density at radius 1 is 1.33 bits per heavy atom. The molecule has 0 radical (unpaired) electrons. The van der Waals surface area contributed by atoms with Gasteiger partial charge < -0.3 is 10.1 Å². The molecule has 2 heterocycles. The summed E-state index contributed by atoms with van der Waals surface area (Å²) < 4.78 is 5.54. The number of anilines is 1. The molecule has 4 heteroatoms. The first-order chi connectivity index (χ1) is 10.1. The standard InChI is InChI=1S/C17H24N2O2/c1-13-4-3-5-14(2)16(13)18-15(20)10-19-8-6-17(11-19)7-9-21-12-17/h3-5H,6-12H2,1-2H3,(H,18,20). The molecule has 1 unspecified atom stereocenters. The lowest BCUT2D eigenvalue weighted by atomic mass is 9.87. The zero-order valence-corrected chi connectivity index (χ0v) is 12.9. The van der Waals surface area contributed by atoms with Crippen molar-refractivity contribution in [3.8, 4) is 0 Å². The monoisotopic (exact) mass is 288 g/mol. The van der Waals surface area contributed by atoms with Crippen molar-refractivity contribution in [1.82, 2.24) is 4.90 Å². The van der Waals surface area contributed by atoms with E-state index in [2.05, 4.69) is 10.2 Å². The van der Waals surface area contributed by atoms with Gasteiger partial charge in [-0.1, -0.05) is 18.2 Å².